The maximum absolute atomic E-state index is 12.4. The third kappa shape index (κ3) is 5.64. The predicted octanol–water partition coefficient (Wildman–Crippen LogP) is 4.44. The van der Waals surface area contributed by atoms with E-state index in [2.05, 4.69) is 15.5 Å². The van der Waals surface area contributed by atoms with Crippen LogP contribution in [0.4, 0.5) is 11.4 Å². The predicted molar refractivity (Wildman–Crippen MR) is 123 cm³/mol. The highest BCUT2D eigenvalue weighted by molar-refractivity contribution is 7.99. The van der Waals surface area contributed by atoms with Gasteiger partial charge >= 0.3 is 0 Å². The van der Waals surface area contributed by atoms with Crippen LogP contribution in [-0.4, -0.2) is 31.3 Å². The third-order valence-electron chi connectivity index (χ3n) is 4.84. The molecule has 0 radical (unpaired) electrons. The average molecular weight is 456 g/mol. The van der Waals surface area contributed by atoms with Crippen molar-refractivity contribution in [1.29, 1.82) is 0 Å². The molecule has 0 fully saturated rings. The molecule has 0 saturated heterocycles. The zero-order valence-corrected chi connectivity index (χ0v) is 19.2. The van der Waals surface area contributed by atoms with E-state index < -0.39 is 4.92 Å². The molecule has 10 heteroatoms. The molecule has 32 heavy (non-hydrogen) atoms. The molecule has 9 nitrogen and oxygen atoms in total. The maximum Gasteiger partial charge on any atom is 0.269 e. The first-order valence-electron chi connectivity index (χ1n) is 10.1. The van der Waals surface area contributed by atoms with Crippen LogP contribution in [0.2, 0.25) is 0 Å². The summed E-state index contributed by atoms with van der Waals surface area (Å²) in [4.78, 5) is 22.8. The molecule has 0 saturated carbocycles. The monoisotopic (exact) mass is 455 g/mol. The Bertz CT molecular complexity index is 1150. The van der Waals surface area contributed by atoms with Gasteiger partial charge in [-0.1, -0.05) is 23.9 Å². The second-order valence-corrected chi connectivity index (χ2v) is 8.24. The van der Waals surface area contributed by atoms with E-state index in [-0.39, 0.29) is 24.0 Å². The topological polar surface area (TPSA) is 112 Å². The third-order valence-corrected chi connectivity index (χ3v) is 5.80. The van der Waals surface area contributed by atoms with Crippen molar-refractivity contribution in [1.82, 2.24) is 14.8 Å². The molecule has 168 valence electrons. The summed E-state index contributed by atoms with van der Waals surface area (Å²) in [5.41, 5.74) is 3.32. The molecule has 0 aliphatic carbocycles. The number of nitro benzene ring substituents is 1. The minimum absolute atomic E-state index is 0.0125. The van der Waals surface area contributed by atoms with Crippen molar-refractivity contribution in [2.45, 2.75) is 46.0 Å². The van der Waals surface area contributed by atoms with Crippen LogP contribution in [0.5, 0.6) is 5.75 Å². The Morgan fingerprint density at radius 3 is 2.62 bits per heavy atom. The number of thioether (sulfide) groups is 1. The molecular formula is C22H25N5O4S. The van der Waals surface area contributed by atoms with Crippen LogP contribution in [0.25, 0.3) is 0 Å². The van der Waals surface area contributed by atoms with Gasteiger partial charge < -0.3 is 14.6 Å². The first kappa shape index (κ1) is 23.3. The smallest absolute Gasteiger partial charge is 0.269 e. The second kappa shape index (κ2) is 10.3. The van der Waals surface area contributed by atoms with E-state index in [4.69, 9.17) is 4.74 Å². The Labute approximate surface area is 190 Å². The summed E-state index contributed by atoms with van der Waals surface area (Å²) in [7, 11) is 0. The van der Waals surface area contributed by atoms with Crippen molar-refractivity contribution >= 4 is 29.0 Å². The summed E-state index contributed by atoms with van der Waals surface area (Å²) < 4.78 is 7.86. The summed E-state index contributed by atoms with van der Waals surface area (Å²) in [5, 5.41) is 22.7. The summed E-state index contributed by atoms with van der Waals surface area (Å²) in [5.74, 6) is 1.39. The number of rotatable bonds is 9. The highest BCUT2D eigenvalue weighted by atomic mass is 32.2. The Balaban J connectivity index is 1.60. The van der Waals surface area contributed by atoms with Gasteiger partial charge in [0.05, 0.1) is 10.7 Å². The van der Waals surface area contributed by atoms with E-state index >= 15 is 0 Å². The highest BCUT2D eigenvalue weighted by Crippen LogP contribution is 2.24. The fraction of sp³-hybridized carbons (Fsp3) is 0.318. The van der Waals surface area contributed by atoms with E-state index in [9.17, 15) is 14.9 Å². The van der Waals surface area contributed by atoms with Gasteiger partial charge in [-0.05, 0) is 56.5 Å². The molecule has 0 bridgehead atoms. The van der Waals surface area contributed by atoms with Crippen LogP contribution in [0.15, 0.2) is 41.6 Å². The molecule has 1 amide bonds. The number of nitrogens with one attached hydrogen (secondary N) is 1. The number of ether oxygens (including phenoxy) is 1. The van der Waals surface area contributed by atoms with Crippen LogP contribution in [0.1, 0.15) is 29.4 Å². The number of carbonyl (C=O) groups is 1. The minimum Gasteiger partial charge on any atom is -0.485 e. The second-order valence-electron chi connectivity index (χ2n) is 7.29. The summed E-state index contributed by atoms with van der Waals surface area (Å²) in [6, 6.07) is 10.4. The SMILES string of the molecule is CCn1c(COc2cc(C)ccc2C)nnc1SCC(=O)Nc1ccc([N+](=O)[O-])cc1C. The first-order valence-corrected chi connectivity index (χ1v) is 11.1. The lowest BCUT2D eigenvalue weighted by Gasteiger charge is -2.11. The van der Waals surface area contributed by atoms with Gasteiger partial charge in [0.1, 0.15) is 12.4 Å². The lowest BCUT2D eigenvalue weighted by atomic mass is 10.1. The van der Waals surface area contributed by atoms with Crippen LogP contribution in [0, 0.1) is 30.9 Å². The molecule has 0 spiro atoms. The van der Waals surface area contributed by atoms with Gasteiger partial charge in [-0.2, -0.15) is 0 Å². The zero-order valence-electron chi connectivity index (χ0n) is 18.4. The number of hydrogen-bond acceptors (Lipinski definition) is 7. The molecule has 3 rings (SSSR count). The van der Waals surface area contributed by atoms with Crippen LogP contribution in [-0.2, 0) is 17.9 Å². The van der Waals surface area contributed by atoms with Gasteiger partial charge in [-0.15, -0.1) is 10.2 Å². The average Bonchev–Trinajstić information content (AvgIpc) is 3.16. The number of amides is 1. The number of benzene rings is 2. The Morgan fingerprint density at radius 1 is 1.16 bits per heavy atom. The van der Waals surface area contributed by atoms with Crippen molar-refractivity contribution in [3.8, 4) is 5.75 Å². The Hall–Kier alpha value is -3.40. The molecular weight excluding hydrogens is 430 g/mol. The lowest BCUT2D eigenvalue weighted by Crippen LogP contribution is -2.15. The summed E-state index contributed by atoms with van der Waals surface area (Å²) in [6.45, 7) is 8.62. The van der Waals surface area contributed by atoms with Gasteiger partial charge in [0, 0.05) is 24.4 Å². The fourth-order valence-corrected chi connectivity index (χ4v) is 3.89. The highest BCUT2D eigenvalue weighted by Gasteiger charge is 2.15. The van der Waals surface area contributed by atoms with E-state index in [1.54, 1.807) is 6.92 Å². The lowest BCUT2D eigenvalue weighted by molar-refractivity contribution is -0.384. The normalized spacial score (nSPS) is 10.8. The molecule has 1 heterocycles. The van der Waals surface area contributed by atoms with Gasteiger partial charge in [0.2, 0.25) is 5.91 Å². The van der Waals surface area contributed by atoms with Gasteiger partial charge in [-0.25, -0.2) is 0 Å². The van der Waals surface area contributed by atoms with Crippen LogP contribution >= 0.6 is 11.8 Å². The number of anilines is 1. The Morgan fingerprint density at radius 2 is 1.94 bits per heavy atom. The minimum atomic E-state index is -0.465. The van der Waals surface area contributed by atoms with E-state index in [1.807, 2.05) is 43.5 Å². The molecule has 1 N–H and O–H groups in total. The quantitative estimate of drug-likeness (QED) is 0.288. The van der Waals surface area contributed by atoms with Crippen molar-refractivity contribution in [2.24, 2.45) is 0 Å². The first-order chi connectivity index (χ1) is 15.3. The molecule has 1 aromatic heterocycles. The van der Waals surface area contributed by atoms with Crippen molar-refractivity contribution < 1.29 is 14.5 Å². The molecule has 3 aromatic rings. The number of nitrogens with zero attached hydrogens (tertiary/aromatic N) is 4. The van der Waals surface area contributed by atoms with Crippen LogP contribution in [0.3, 0.4) is 0 Å². The number of aromatic nitrogens is 3. The molecule has 0 atom stereocenters. The fourth-order valence-electron chi connectivity index (χ4n) is 3.07. The van der Waals surface area contributed by atoms with Crippen molar-refractivity contribution in [2.75, 3.05) is 11.1 Å². The zero-order chi connectivity index (χ0) is 23.3. The molecule has 0 aliphatic rings. The van der Waals surface area contributed by atoms with E-state index in [0.29, 0.717) is 28.8 Å². The van der Waals surface area contributed by atoms with Crippen molar-refractivity contribution in [3.63, 3.8) is 0 Å². The molecule has 0 aliphatic heterocycles. The molecule has 2 aromatic carbocycles. The van der Waals surface area contributed by atoms with E-state index in [1.165, 1.54) is 30.0 Å². The molecule has 0 unspecified atom stereocenters. The van der Waals surface area contributed by atoms with Gasteiger partial charge in [0.15, 0.2) is 11.0 Å². The van der Waals surface area contributed by atoms with Crippen molar-refractivity contribution in [3.05, 3.63) is 69.0 Å². The standard InChI is InChI=1S/C22H25N5O4S/c1-5-26-20(12-31-19-10-14(2)6-7-15(19)3)24-25-22(26)32-13-21(28)23-18-9-8-17(27(29)30)11-16(18)4/h6-11H,5,12-13H2,1-4H3,(H,23,28). The number of aryl methyl sites for hydroxylation is 3. The maximum atomic E-state index is 12.4. The van der Waals surface area contributed by atoms with Crippen LogP contribution < -0.4 is 10.1 Å². The van der Waals surface area contributed by atoms with Gasteiger partial charge in [0.25, 0.3) is 5.69 Å². The summed E-state index contributed by atoms with van der Waals surface area (Å²) >= 11 is 1.27. The van der Waals surface area contributed by atoms with Gasteiger partial charge in [-0.3, -0.25) is 14.9 Å². The number of carbonyl (C=O) groups excluding carboxylic acids is 1. The summed E-state index contributed by atoms with van der Waals surface area (Å²) in [6.07, 6.45) is 0. The largest absolute Gasteiger partial charge is 0.485 e. The number of nitro groups is 1. The number of non-ortho nitro benzene ring substituents is 1. The van der Waals surface area contributed by atoms with E-state index in [0.717, 1.165) is 16.9 Å². The number of hydrogen-bond donors (Lipinski definition) is 1. The Kier molecular flexibility index (Phi) is 7.47.